The second-order valence-electron chi connectivity index (χ2n) is 3.17. The number of nitrogens with zero attached hydrogens (tertiary/aromatic N) is 1. The van der Waals surface area contributed by atoms with Gasteiger partial charge in [0.2, 0.25) is 0 Å². The topological polar surface area (TPSA) is 67.3 Å². The summed E-state index contributed by atoms with van der Waals surface area (Å²) >= 11 is 0. The van der Waals surface area contributed by atoms with Crippen LogP contribution < -0.4 is 16.8 Å². The first kappa shape index (κ1) is 24.9. The summed E-state index contributed by atoms with van der Waals surface area (Å²) in [7, 11) is 0. The van der Waals surface area contributed by atoms with Crippen molar-refractivity contribution in [3.8, 4) is 0 Å². The maximum atomic E-state index is 5.49. The minimum absolute atomic E-state index is 0. The molecule has 0 spiro atoms. The first-order chi connectivity index (χ1) is 6.35. The molecule has 0 radical (unpaired) electrons. The summed E-state index contributed by atoms with van der Waals surface area (Å²) in [4.78, 5) is 2.29. The SMILES string of the molecule is C.C.C.CCCNCCN(CCN)CCN. The molecule has 104 valence electrons. The fraction of sp³-hybridized carbons (Fsp3) is 1.00. The van der Waals surface area contributed by atoms with Gasteiger partial charge in [-0.1, -0.05) is 29.2 Å². The predicted octanol–water partition coefficient (Wildman–Crippen LogP) is 1.11. The first-order valence-corrected chi connectivity index (χ1v) is 5.18. The highest BCUT2D eigenvalue weighted by molar-refractivity contribution is 4.60. The third-order valence-electron chi connectivity index (χ3n) is 1.92. The predicted molar refractivity (Wildman–Crippen MR) is 77.9 cm³/mol. The van der Waals surface area contributed by atoms with Gasteiger partial charge >= 0.3 is 0 Å². The molecule has 0 saturated heterocycles. The fourth-order valence-corrected chi connectivity index (χ4v) is 1.24. The monoisotopic (exact) mass is 236 g/mol. The van der Waals surface area contributed by atoms with Crippen molar-refractivity contribution in [3.63, 3.8) is 0 Å². The van der Waals surface area contributed by atoms with Gasteiger partial charge in [0.25, 0.3) is 0 Å². The summed E-state index contributed by atoms with van der Waals surface area (Å²) in [6.45, 7) is 8.68. The van der Waals surface area contributed by atoms with Crippen LogP contribution in [0, 0.1) is 0 Å². The average molecular weight is 236 g/mol. The van der Waals surface area contributed by atoms with Crippen molar-refractivity contribution in [2.45, 2.75) is 35.6 Å². The molecule has 5 N–H and O–H groups in total. The Labute approximate surface area is 104 Å². The van der Waals surface area contributed by atoms with Gasteiger partial charge in [-0.15, -0.1) is 0 Å². The van der Waals surface area contributed by atoms with E-state index >= 15 is 0 Å². The molecule has 4 nitrogen and oxygen atoms in total. The minimum atomic E-state index is 0. The first-order valence-electron chi connectivity index (χ1n) is 5.18. The second-order valence-corrected chi connectivity index (χ2v) is 3.17. The van der Waals surface area contributed by atoms with E-state index in [1.54, 1.807) is 0 Å². The molecule has 0 aromatic heterocycles. The molecule has 0 heterocycles. The smallest absolute Gasteiger partial charge is 0.0108 e. The second kappa shape index (κ2) is 20.3. The Morgan fingerprint density at radius 1 is 0.875 bits per heavy atom. The Kier molecular flexibility index (Phi) is 31.5. The van der Waals surface area contributed by atoms with Crippen LogP contribution in [0.2, 0.25) is 0 Å². The molecule has 0 aromatic carbocycles. The van der Waals surface area contributed by atoms with E-state index in [0.29, 0.717) is 13.1 Å². The van der Waals surface area contributed by atoms with E-state index in [9.17, 15) is 0 Å². The van der Waals surface area contributed by atoms with Crippen molar-refractivity contribution in [2.24, 2.45) is 11.5 Å². The van der Waals surface area contributed by atoms with Crippen LogP contribution in [0.1, 0.15) is 35.6 Å². The molecule has 0 aliphatic heterocycles. The summed E-state index contributed by atoms with van der Waals surface area (Å²) in [6, 6.07) is 0. The largest absolute Gasteiger partial charge is 0.329 e. The van der Waals surface area contributed by atoms with E-state index < -0.39 is 0 Å². The summed E-state index contributed by atoms with van der Waals surface area (Å²) in [5.74, 6) is 0. The molecule has 0 amide bonds. The van der Waals surface area contributed by atoms with E-state index in [2.05, 4.69) is 17.1 Å². The van der Waals surface area contributed by atoms with Crippen LogP contribution >= 0.6 is 0 Å². The lowest BCUT2D eigenvalue weighted by Gasteiger charge is -2.20. The van der Waals surface area contributed by atoms with E-state index in [1.807, 2.05) is 0 Å². The van der Waals surface area contributed by atoms with Gasteiger partial charge in [-0.2, -0.15) is 0 Å². The molecule has 0 rings (SSSR count). The van der Waals surface area contributed by atoms with Gasteiger partial charge in [0.15, 0.2) is 0 Å². The maximum Gasteiger partial charge on any atom is 0.0108 e. The quantitative estimate of drug-likeness (QED) is 0.525. The maximum absolute atomic E-state index is 5.49. The lowest BCUT2D eigenvalue weighted by atomic mass is 10.4. The van der Waals surface area contributed by atoms with Gasteiger partial charge in [-0.25, -0.2) is 0 Å². The van der Waals surface area contributed by atoms with Crippen molar-refractivity contribution < 1.29 is 0 Å². The number of hydrogen-bond acceptors (Lipinski definition) is 4. The minimum Gasteiger partial charge on any atom is -0.329 e. The Bertz CT molecular complexity index is 93.0. The van der Waals surface area contributed by atoms with Gasteiger partial charge in [-0.3, -0.25) is 4.90 Å². The molecule has 4 heteroatoms. The fourth-order valence-electron chi connectivity index (χ4n) is 1.24. The molecular formula is C12H36N4. The van der Waals surface area contributed by atoms with Crippen molar-refractivity contribution in [2.75, 3.05) is 45.8 Å². The molecule has 0 atom stereocenters. The van der Waals surface area contributed by atoms with Gasteiger partial charge in [0.05, 0.1) is 0 Å². The molecule has 0 saturated carbocycles. The molecule has 0 unspecified atom stereocenters. The highest BCUT2D eigenvalue weighted by Gasteiger charge is 2.00. The van der Waals surface area contributed by atoms with Gasteiger partial charge in [0, 0.05) is 39.3 Å². The number of nitrogens with two attached hydrogens (primary N) is 2. The van der Waals surface area contributed by atoms with Crippen molar-refractivity contribution in [1.82, 2.24) is 10.2 Å². The van der Waals surface area contributed by atoms with Gasteiger partial charge < -0.3 is 16.8 Å². The van der Waals surface area contributed by atoms with Crippen molar-refractivity contribution >= 4 is 0 Å². The van der Waals surface area contributed by atoms with Crippen molar-refractivity contribution in [3.05, 3.63) is 0 Å². The number of hydrogen-bond donors (Lipinski definition) is 3. The van der Waals surface area contributed by atoms with Crippen LogP contribution in [-0.2, 0) is 0 Å². The normalized spacial score (nSPS) is 9.00. The standard InChI is InChI=1S/C9H24N4.3CH4/c1-2-5-12-6-9-13(7-3-10)8-4-11;;;/h12H,2-11H2,1H3;3*1H4. The molecule has 0 aliphatic carbocycles. The molecule has 16 heavy (non-hydrogen) atoms. The van der Waals surface area contributed by atoms with E-state index in [-0.39, 0.29) is 22.3 Å². The van der Waals surface area contributed by atoms with Crippen molar-refractivity contribution in [1.29, 1.82) is 0 Å². The zero-order valence-electron chi connectivity index (χ0n) is 8.76. The molecule has 0 aliphatic rings. The van der Waals surface area contributed by atoms with Crippen LogP contribution in [0.25, 0.3) is 0 Å². The third kappa shape index (κ3) is 16.3. The van der Waals surface area contributed by atoms with Crippen LogP contribution in [0.5, 0.6) is 0 Å². The lowest BCUT2D eigenvalue weighted by molar-refractivity contribution is 0.288. The number of nitrogens with one attached hydrogen (secondary N) is 1. The highest BCUT2D eigenvalue weighted by Crippen LogP contribution is 1.83. The van der Waals surface area contributed by atoms with Gasteiger partial charge in [-0.05, 0) is 13.0 Å². The number of rotatable bonds is 9. The van der Waals surface area contributed by atoms with E-state index in [4.69, 9.17) is 11.5 Å². The van der Waals surface area contributed by atoms with Gasteiger partial charge in [0.1, 0.15) is 0 Å². The summed E-state index contributed by atoms with van der Waals surface area (Å²) in [5, 5.41) is 3.36. The molecule has 0 fully saturated rings. The molecular weight excluding hydrogens is 200 g/mol. The van der Waals surface area contributed by atoms with Crippen LogP contribution in [0.3, 0.4) is 0 Å². The zero-order valence-corrected chi connectivity index (χ0v) is 8.76. The zero-order chi connectivity index (χ0) is 9.94. The molecule has 0 bridgehead atoms. The Hall–Kier alpha value is -0.160. The Morgan fingerprint density at radius 3 is 1.75 bits per heavy atom. The summed E-state index contributed by atoms with van der Waals surface area (Å²) in [5.41, 5.74) is 11.0. The van der Waals surface area contributed by atoms with E-state index in [0.717, 1.165) is 32.7 Å². The Balaban J connectivity index is -0.000000240. The van der Waals surface area contributed by atoms with Crippen LogP contribution in [0.4, 0.5) is 0 Å². The average Bonchev–Trinajstić information content (AvgIpc) is 2.13. The summed E-state index contributed by atoms with van der Waals surface area (Å²) in [6.07, 6.45) is 1.19. The van der Waals surface area contributed by atoms with E-state index in [1.165, 1.54) is 6.42 Å². The highest BCUT2D eigenvalue weighted by atomic mass is 15.1. The van der Waals surface area contributed by atoms with Crippen LogP contribution in [0.15, 0.2) is 0 Å². The summed E-state index contributed by atoms with van der Waals surface area (Å²) < 4.78 is 0. The lowest BCUT2D eigenvalue weighted by Crippen LogP contribution is -2.38. The molecule has 0 aromatic rings. The Morgan fingerprint density at radius 2 is 1.38 bits per heavy atom. The van der Waals surface area contributed by atoms with Crippen LogP contribution in [-0.4, -0.2) is 50.7 Å². The third-order valence-corrected chi connectivity index (χ3v) is 1.92.